The zero-order valence-electron chi connectivity index (χ0n) is 38.5. The summed E-state index contributed by atoms with van der Waals surface area (Å²) in [4.78, 5) is 94.8. The topological polar surface area (TPSA) is 288 Å². The van der Waals surface area contributed by atoms with Gasteiger partial charge in [-0.05, 0) is 66.4 Å². The first-order valence-corrected chi connectivity index (χ1v) is 24.1. The average molecular weight is 996 g/mol. The molecule has 0 spiro atoms. The number of halogens is 1. The number of aryl methyl sites for hydroxylation is 1. The third kappa shape index (κ3) is 10.5. The van der Waals surface area contributed by atoms with Gasteiger partial charge in [-0.1, -0.05) is 37.3 Å². The van der Waals surface area contributed by atoms with Crippen molar-refractivity contribution in [3.63, 3.8) is 0 Å². The van der Waals surface area contributed by atoms with Crippen molar-refractivity contribution in [3.05, 3.63) is 122 Å². The number of carboxylic acid groups (broad SMARTS) is 1. The van der Waals surface area contributed by atoms with Crippen LogP contribution in [0.3, 0.4) is 0 Å². The monoisotopic (exact) mass is 995 g/mol. The zero-order chi connectivity index (χ0) is 50.8. The number of benzene rings is 3. The highest BCUT2D eigenvalue weighted by Gasteiger charge is 2.45. The molecule has 0 bridgehead atoms. The molecule has 1 saturated heterocycles. The molecular formula is C48H50FN9O12S. The minimum Gasteiger partial charge on any atom is -0.465 e. The Bertz CT molecular complexity index is 3150. The van der Waals surface area contributed by atoms with Crippen LogP contribution in [-0.4, -0.2) is 125 Å². The molecule has 5 aromatic rings. The normalized spacial score (nSPS) is 17.0. The number of aromatic nitrogens is 2. The highest BCUT2D eigenvalue weighted by molar-refractivity contribution is 7.89. The third-order valence-corrected chi connectivity index (χ3v) is 14.7. The molecule has 2 atom stereocenters. The van der Waals surface area contributed by atoms with Crippen molar-refractivity contribution in [2.24, 2.45) is 0 Å². The van der Waals surface area contributed by atoms with Gasteiger partial charge in [0.15, 0.2) is 5.60 Å². The van der Waals surface area contributed by atoms with Gasteiger partial charge in [0.2, 0.25) is 33.7 Å². The SMILES string of the molecule is CC[C@@]1(O)C(=O)OCc2c1cc1n(c2=O)Cc2c-1nc1cc(F)c(C)cc1c2CN1CCN(S(=O)(=O)c2ccc(NC(=O)CNC(=O)[C@H](Cc3ccccc3)NC(=O)CNC(=O)CNC(=O)O)cc2)CC1. The van der Waals surface area contributed by atoms with Gasteiger partial charge in [0.25, 0.3) is 5.56 Å². The Morgan fingerprint density at radius 1 is 0.873 bits per heavy atom. The van der Waals surface area contributed by atoms with Gasteiger partial charge >= 0.3 is 12.1 Å². The Morgan fingerprint density at radius 2 is 1.56 bits per heavy atom. The van der Waals surface area contributed by atoms with Crippen molar-refractivity contribution in [3.8, 4) is 11.4 Å². The van der Waals surface area contributed by atoms with Gasteiger partial charge in [0, 0.05) is 67.4 Å². The molecule has 3 aromatic carbocycles. The van der Waals surface area contributed by atoms with E-state index >= 15 is 4.39 Å². The number of carbonyl (C=O) groups excluding carboxylic acids is 5. The second-order valence-corrected chi connectivity index (χ2v) is 19.3. The molecule has 0 unspecified atom stereocenters. The van der Waals surface area contributed by atoms with Crippen LogP contribution in [0, 0.1) is 12.7 Å². The number of carbonyl (C=O) groups is 6. The van der Waals surface area contributed by atoms with Crippen LogP contribution >= 0.6 is 0 Å². The number of esters is 1. The minimum atomic E-state index is -4.00. The number of amides is 5. The van der Waals surface area contributed by atoms with E-state index < -0.39 is 88.4 Å². The van der Waals surface area contributed by atoms with E-state index in [9.17, 15) is 47.1 Å². The Hall–Kier alpha value is -7.60. The van der Waals surface area contributed by atoms with E-state index in [-0.39, 0.29) is 60.8 Å². The van der Waals surface area contributed by atoms with Gasteiger partial charge < -0.3 is 46.1 Å². The fourth-order valence-corrected chi connectivity index (χ4v) is 10.3. The molecule has 23 heteroatoms. The quantitative estimate of drug-likeness (QED) is 0.0672. The van der Waals surface area contributed by atoms with Crippen molar-refractivity contribution in [1.82, 2.24) is 40.0 Å². The number of aliphatic hydroxyl groups is 1. The Balaban J connectivity index is 0.895. The number of rotatable bonds is 16. The van der Waals surface area contributed by atoms with Crippen molar-refractivity contribution in [2.45, 2.75) is 62.9 Å². The van der Waals surface area contributed by atoms with E-state index in [1.807, 2.05) is 5.32 Å². The summed E-state index contributed by atoms with van der Waals surface area (Å²) in [6, 6.07) is 17.7. The van der Waals surface area contributed by atoms with Crippen LogP contribution in [-0.2, 0) is 70.5 Å². The van der Waals surface area contributed by atoms with E-state index in [1.54, 1.807) is 56.3 Å². The van der Waals surface area contributed by atoms with E-state index in [0.717, 1.165) is 5.56 Å². The second kappa shape index (κ2) is 20.4. The molecule has 0 saturated carbocycles. The third-order valence-electron chi connectivity index (χ3n) is 12.8. The Morgan fingerprint density at radius 3 is 2.25 bits per heavy atom. The van der Waals surface area contributed by atoms with E-state index in [4.69, 9.17) is 14.8 Å². The van der Waals surface area contributed by atoms with Crippen LogP contribution in [0.1, 0.15) is 46.7 Å². The lowest BCUT2D eigenvalue weighted by molar-refractivity contribution is -0.172. The second-order valence-electron chi connectivity index (χ2n) is 17.4. The summed E-state index contributed by atoms with van der Waals surface area (Å²) in [5.74, 6) is -4.17. The van der Waals surface area contributed by atoms with Crippen molar-refractivity contribution >= 4 is 62.3 Å². The fourth-order valence-electron chi connectivity index (χ4n) is 8.88. The van der Waals surface area contributed by atoms with Gasteiger partial charge in [0.05, 0.1) is 53.5 Å². The number of cyclic esters (lactones) is 1. The fraction of sp³-hybridized carbons (Fsp3) is 0.333. The molecule has 8 rings (SSSR count). The van der Waals surface area contributed by atoms with Crippen LogP contribution in [0.4, 0.5) is 14.9 Å². The molecule has 3 aliphatic heterocycles. The van der Waals surface area contributed by atoms with Crippen LogP contribution in [0.2, 0.25) is 0 Å². The summed E-state index contributed by atoms with van der Waals surface area (Å²) in [6.45, 7) is 2.67. The largest absolute Gasteiger partial charge is 0.465 e. The van der Waals surface area contributed by atoms with Gasteiger partial charge in [-0.25, -0.2) is 27.4 Å². The van der Waals surface area contributed by atoms with E-state index in [2.05, 4.69) is 26.2 Å². The first-order valence-electron chi connectivity index (χ1n) is 22.6. The number of anilines is 1. The van der Waals surface area contributed by atoms with Gasteiger partial charge in [-0.2, -0.15) is 4.31 Å². The maximum absolute atomic E-state index is 15.1. The highest BCUT2D eigenvalue weighted by Crippen LogP contribution is 2.41. The number of nitrogens with zero attached hydrogens (tertiary/aromatic N) is 4. The molecule has 21 nitrogen and oxygen atoms in total. The summed E-state index contributed by atoms with van der Waals surface area (Å²) in [5.41, 5.74) is 1.85. The average Bonchev–Trinajstić information content (AvgIpc) is 3.72. The number of hydrogen-bond acceptors (Lipinski definition) is 13. The van der Waals surface area contributed by atoms with E-state index in [1.165, 1.54) is 39.2 Å². The van der Waals surface area contributed by atoms with Gasteiger partial charge in [-0.3, -0.25) is 28.9 Å². The first kappa shape index (κ1) is 49.8. The maximum atomic E-state index is 15.1. The lowest BCUT2D eigenvalue weighted by Crippen LogP contribution is -2.52. The predicted octanol–water partition coefficient (Wildman–Crippen LogP) is 1.20. The molecule has 1 fully saturated rings. The Kier molecular flexibility index (Phi) is 14.3. The molecule has 2 aromatic heterocycles. The van der Waals surface area contributed by atoms with Crippen LogP contribution in [0.15, 0.2) is 82.5 Å². The number of sulfonamides is 1. The number of piperazine rings is 1. The predicted molar refractivity (Wildman–Crippen MR) is 252 cm³/mol. The van der Waals surface area contributed by atoms with Crippen molar-refractivity contribution in [2.75, 3.05) is 51.1 Å². The smallest absolute Gasteiger partial charge is 0.405 e. The lowest BCUT2D eigenvalue weighted by Gasteiger charge is -2.34. The molecule has 5 heterocycles. The molecular weight excluding hydrogens is 946 g/mol. The summed E-state index contributed by atoms with van der Waals surface area (Å²) >= 11 is 0. The summed E-state index contributed by atoms with van der Waals surface area (Å²) in [7, 11) is -4.00. The summed E-state index contributed by atoms with van der Waals surface area (Å²) < 4.78 is 50.9. The molecule has 0 aliphatic carbocycles. The number of fused-ring (bicyclic) bond motifs is 5. The molecule has 5 amide bonds. The number of ether oxygens (including phenoxy) is 1. The van der Waals surface area contributed by atoms with Crippen LogP contribution in [0.25, 0.3) is 22.3 Å². The lowest BCUT2D eigenvalue weighted by atomic mass is 9.86. The Labute approximate surface area is 405 Å². The minimum absolute atomic E-state index is 0.0190. The highest BCUT2D eigenvalue weighted by atomic mass is 32.2. The van der Waals surface area contributed by atoms with Crippen molar-refractivity contribution in [1.29, 1.82) is 0 Å². The number of nitrogens with one attached hydrogen (secondary N) is 5. The first-order chi connectivity index (χ1) is 33.9. The summed E-state index contributed by atoms with van der Waals surface area (Å²) in [6.07, 6.45) is -1.41. The van der Waals surface area contributed by atoms with Crippen molar-refractivity contribution < 1.29 is 56.5 Å². The molecule has 372 valence electrons. The van der Waals surface area contributed by atoms with Crippen LogP contribution < -0.4 is 32.1 Å². The summed E-state index contributed by atoms with van der Waals surface area (Å²) in [5, 5.41) is 32.4. The molecule has 0 radical (unpaired) electrons. The van der Waals surface area contributed by atoms with Gasteiger partial charge in [-0.15, -0.1) is 0 Å². The van der Waals surface area contributed by atoms with Gasteiger partial charge in [0.1, 0.15) is 18.5 Å². The van der Waals surface area contributed by atoms with E-state index in [0.29, 0.717) is 58.6 Å². The zero-order valence-corrected chi connectivity index (χ0v) is 39.4. The molecule has 7 N–H and O–H groups in total. The molecule has 71 heavy (non-hydrogen) atoms. The van der Waals surface area contributed by atoms with Crippen LogP contribution in [0.5, 0.6) is 0 Å². The maximum Gasteiger partial charge on any atom is 0.405 e. The number of hydrogen-bond donors (Lipinski definition) is 7. The standard InChI is InChI=1S/C48H50FN9O12S/c1-3-48(67)35-19-39-43-33(25-58(39)45(63)34(35)26-70-46(48)64)32(31-17-27(2)36(49)20-37(31)55-43)24-56-13-15-57(16-14-56)71(68,69)30-11-9-29(10-12-30)53-41(60)23-51-44(62)38(18-28-7-5-4-6-8-28)54-42(61)22-50-40(59)21-52-47(65)66/h4-12,17,19-20,38,52,67H,3,13-16,18,21-26H2,1-2H3,(H,50,59)(H,51,62)(H,53,60)(H,54,61)(H,65,66)/t38-,48-/m0/s1. The molecule has 3 aliphatic rings. The number of pyridine rings is 2.